The van der Waals surface area contributed by atoms with E-state index < -0.39 is 17.7 Å². The van der Waals surface area contributed by atoms with Crippen LogP contribution < -0.4 is 0 Å². The van der Waals surface area contributed by atoms with Crippen LogP contribution in [0.25, 0.3) is 5.76 Å². The molecule has 2 fully saturated rings. The third-order valence-electron chi connectivity index (χ3n) is 6.35. The number of Topliss-reactive ketones (excluding diaryl/α,β-unsaturated/α-hetero) is 1. The number of likely N-dealkylation sites (tertiary alicyclic amines) is 1. The maximum absolute atomic E-state index is 13.2. The Bertz CT molecular complexity index is 1070. The van der Waals surface area contributed by atoms with Crippen molar-refractivity contribution in [3.63, 3.8) is 0 Å². The molecule has 2 aromatic rings. The molecule has 4 rings (SSSR count). The number of rotatable bonds is 6. The summed E-state index contributed by atoms with van der Waals surface area (Å²) < 4.78 is 6.48. The molecule has 0 aliphatic carbocycles. The van der Waals surface area contributed by atoms with Crippen LogP contribution in [-0.4, -0.2) is 66.0 Å². The molecule has 2 heterocycles. The Morgan fingerprint density at radius 2 is 1.76 bits per heavy atom. The van der Waals surface area contributed by atoms with Gasteiger partial charge in [0.1, 0.15) is 5.76 Å². The van der Waals surface area contributed by atoms with Crippen LogP contribution in [0.15, 0.2) is 48.0 Å². The van der Waals surface area contributed by atoms with Gasteiger partial charge in [-0.2, -0.15) is 0 Å². The topological polar surface area (TPSA) is 70.1 Å². The molecule has 0 aromatic heterocycles. The zero-order chi connectivity index (χ0) is 23.5. The smallest absolute Gasteiger partial charge is 0.295 e. The molecule has 2 saturated heterocycles. The highest BCUT2D eigenvalue weighted by Crippen LogP contribution is 2.40. The van der Waals surface area contributed by atoms with Crippen LogP contribution in [0.5, 0.6) is 0 Å². The molecular formula is C26H29IN2O4. The Morgan fingerprint density at radius 3 is 2.45 bits per heavy atom. The molecule has 2 aromatic carbocycles. The first kappa shape index (κ1) is 23.9. The lowest BCUT2D eigenvalue weighted by Crippen LogP contribution is -2.38. The van der Waals surface area contributed by atoms with E-state index in [0.29, 0.717) is 12.1 Å². The summed E-state index contributed by atoms with van der Waals surface area (Å²) >= 11 is 2.23. The molecule has 0 saturated carbocycles. The molecule has 33 heavy (non-hydrogen) atoms. The average Bonchev–Trinajstić information content (AvgIpc) is 3.06. The third-order valence-corrected chi connectivity index (χ3v) is 7.07. The second kappa shape index (κ2) is 10.4. The SMILES string of the molecule is Cc1ccc(C)c(/C(O)=C2\C(=O)C(=O)N(CCCN3CCOCC3)C2c2ccc(I)cc2)c1. The first-order chi connectivity index (χ1) is 15.9. The van der Waals surface area contributed by atoms with Gasteiger partial charge < -0.3 is 14.7 Å². The number of aliphatic hydroxyl groups excluding tert-OH is 1. The van der Waals surface area contributed by atoms with Crippen LogP contribution in [0.1, 0.15) is 34.7 Å². The number of ketones is 1. The summed E-state index contributed by atoms with van der Waals surface area (Å²) in [5, 5.41) is 11.3. The van der Waals surface area contributed by atoms with Gasteiger partial charge in [-0.25, -0.2) is 0 Å². The number of carbonyl (C=O) groups excluding carboxylic acids is 2. The van der Waals surface area contributed by atoms with Crippen LogP contribution in [0.3, 0.4) is 0 Å². The van der Waals surface area contributed by atoms with E-state index in [1.54, 1.807) is 4.90 Å². The van der Waals surface area contributed by atoms with E-state index in [1.165, 1.54) is 0 Å². The first-order valence-corrected chi connectivity index (χ1v) is 12.4. The molecule has 1 N–H and O–H groups in total. The molecule has 174 valence electrons. The van der Waals surface area contributed by atoms with Crippen molar-refractivity contribution in [2.24, 2.45) is 0 Å². The number of nitrogens with zero attached hydrogens (tertiary/aromatic N) is 2. The van der Waals surface area contributed by atoms with Crippen molar-refractivity contribution in [3.8, 4) is 0 Å². The second-order valence-corrected chi connectivity index (χ2v) is 9.92. The highest BCUT2D eigenvalue weighted by atomic mass is 127. The molecule has 1 atom stereocenters. The summed E-state index contributed by atoms with van der Waals surface area (Å²) in [6.45, 7) is 8.33. The van der Waals surface area contributed by atoms with Crippen molar-refractivity contribution in [2.45, 2.75) is 26.3 Å². The Balaban J connectivity index is 1.70. The highest BCUT2D eigenvalue weighted by Gasteiger charge is 2.45. The molecule has 2 aliphatic heterocycles. The number of ether oxygens (including phenoxy) is 1. The molecule has 2 aliphatic rings. The van der Waals surface area contributed by atoms with Crippen LogP contribution in [0.2, 0.25) is 0 Å². The Kier molecular flexibility index (Phi) is 7.51. The van der Waals surface area contributed by atoms with E-state index in [2.05, 4.69) is 27.5 Å². The molecule has 0 bridgehead atoms. The van der Waals surface area contributed by atoms with Crippen LogP contribution in [0.4, 0.5) is 0 Å². The number of morpholine rings is 1. The summed E-state index contributed by atoms with van der Waals surface area (Å²) in [7, 11) is 0. The van der Waals surface area contributed by atoms with Crippen molar-refractivity contribution in [2.75, 3.05) is 39.4 Å². The number of benzene rings is 2. The van der Waals surface area contributed by atoms with Crippen molar-refractivity contribution in [3.05, 3.63) is 73.9 Å². The Hall–Kier alpha value is -2.23. The minimum Gasteiger partial charge on any atom is -0.507 e. The van der Waals surface area contributed by atoms with Crippen molar-refractivity contribution >= 4 is 40.0 Å². The van der Waals surface area contributed by atoms with E-state index in [-0.39, 0.29) is 11.3 Å². The van der Waals surface area contributed by atoms with Gasteiger partial charge in [0.25, 0.3) is 11.7 Å². The first-order valence-electron chi connectivity index (χ1n) is 11.3. The molecular weight excluding hydrogens is 531 g/mol. The standard InChI is InChI=1S/C26H29IN2O4/c1-17-4-5-18(2)21(16-17)24(30)22-23(19-6-8-20(27)9-7-19)29(26(32)25(22)31)11-3-10-28-12-14-33-15-13-28/h4-9,16,23,30H,3,10-15H2,1-2H3/b24-22+. The highest BCUT2D eigenvalue weighted by molar-refractivity contribution is 14.1. The number of hydrogen-bond acceptors (Lipinski definition) is 5. The van der Waals surface area contributed by atoms with Crippen LogP contribution in [-0.2, 0) is 14.3 Å². The van der Waals surface area contributed by atoms with Gasteiger partial charge in [0.15, 0.2) is 0 Å². The van der Waals surface area contributed by atoms with Crippen molar-refractivity contribution < 1.29 is 19.4 Å². The predicted molar refractivity (Wildman–Crippen MR) is 136 cm³/mol. The van der Waals surface area contributed by atoms with E-state index in [4.69, 9.17) is 4.74 Å². The fourth-order valence-electron chi connectivity index (χ4n) is 4.53. The molecule has 0 radical (unpaired) electrons. The third kappa shape index (κ3) is 5.15. The average molecular weight is 560 g/mol. The lowest BCUT2D eigenvalue weighted by atomic mass is 9.93. The maximum Gasteiger partial charge on any atom is 0.295 e. The minimum atomic E-state index is -0.622. The van der Waals surface area contributed by atoms with Gasteiger partial charge in [-0.3, -0.25) is 14.5 Å². The van der Waals surface area contributed by atoms with Gasteiger partial charge in [0.2, 0.25) is 0 Å². The van der Waals surface area contributed by atoms with E-state index in [9.17, 15) is 14.7 Å². The van der Waals surface area contributed by atoms with Crippen molar-refractivity contribution in [1.82, 2.24) is 9.80 Å². The van der Waals surface area contributed by atoms with E-state index in [0.717, 1.165) is 59.5 Å². The summed E-state index contributed by atoms with van der Waals surface area (Å²) in [5.41, 5.74) is 3.43. The number of aliphatic hydroxyl groups is 1. The largest absolute Gasteiger partial charge is 0.507 e. The predicted octanol–water partition coefficient (Wildman–Crippen LogP) is 4.05. The van der Waals surface area contributed by atoms with Gasteiger partial charge in [-0.05, 0) is 72.2 Å². The van der Waals surface area contributed by atoms with Gasteiger partial charge in [0, 0.05) is 35.3 Å². The molecule has 6 nitrogen and oxygen atoms in total. The van der Waals surface area contributed by atoms with Gasteiger partial charge >= 0.3 is 0 Å². The van der Waals surface area contributed by atoms with Gasteiger partial charge in [-0.1, -0.05) is 29.8 Å². The number of hydrogen-bond donors (Lipinski definition) is 1. The number of amides is 1. The summed E-state index contributed by atoms with van der Waals surface area (Å²) in [6, 6.07) is 12.9. The number of halogens is 1. The minimum absolute atomic E-state index is 0.103. The molecule has 7 heteroatoms. The molecule has 0 spiro atoms. The molecule has 1 amide bonds. The zero-order valence-electron chi connectivity index (χ0n) is 19.0. The lowest BCUT2D eigenvalue weighted by molar-refractivity contribution is -0.140. The Labute approximate surface area is 208 Å². The summed E-state index contributed by atoms with van der Waals surface area (Å²) in [6.07, 6.45) is 0.747. The number of carbonyl (C=O) groups is 2. The van der Waals surface area contributed by atoms with E-state index in [1.807, 2.05) is 56.3 Å². The lowest BCUT2D eigenvalue weighted by Gasteiger charge is -2.29. The second-order valence-electron chi connectivity index (χ2n) is 8.67. The number of aryl methyl sites for hydroxylation is 2. The zero-order valence-corrected chi connectivity index (χ0v) is 21.2. The normalized spacial score (nSPS) is 21.1. The Morgan fingerprint density at radius 1 is 1.06 bits per heavy atom. The fraction of sp³-hybridized carbons (Fsp3) is 0.385. The van der Waals surface area contributed by atoms with E-state index >= 15 is 0 Å². The van der Waals surface area contributed by atoms with Crippen LogP contribution >= 0.6 is 22.6 Å². The fourth-order valence-corrected chi connectivity index (χ4v) is 4.89. The summed E-state index contributed by atoms with van der Waals surface area (Å²) in [5.74, 6) is -1.27. The molecule has 1 unspecified atom stereocenters. The maximum atomic E-state index is 13.2. The quantitative estimate of drug-likeness (QED) is 0.250. The van der Waals surface area contributed by atoms with Crippen molar-refractivity contribution in [1.29, 1.82) is 0 Å². The summed E-state index contributed by atoms with van der Waals surface area (Å²) in [4.78, 5) is 30.3. The monoisotopic (exact) mass is 560 g/mol. The van der Waals surface area contributed by atoms with Gasteiger partial charge in [0.05, 0.1) is 24.8 Å². The van der Waals surface area contributed by atoms with Gasteiger partial charge in [-0.15, -0.1) is 0 Å². The van der Waals surface area contributed by atoms with Crippen LogP contribution in [0, 0.1) is 17.4 Å².